The first-order valence-corrected chi connectivity index (χ1v) is 13.0. The summed E-state index contributed by atoms with van der Waals surface area (Å²) >= 11 is 11.3. The van der Waals surface area contributed by atoms with E-state index in [9.17, 15) is 14.6 Å². The zero-order valence-corrected chi connectivity index (χ0v) is 21.7. The Labute approximate surface area is 209 Å². The molecule has 1 N–H and O–H groups in total. The van der Waals surface area contributed by atoms with Gasteiger partial charge in [-0.3, -0.25) is 4.79 Å². The van der Waals surface area contributed by atoms with Crippen LogP contribution in [0.15, 0.2) is 24.8 Å². The number of halogens is 2. The summed E-state index contributed by atoms with van der Waals surface area (Å²) in [6.07, 6.45) is 4.34. The summed E-state index contributed by atoms with van der Waals surface area (Å²) in [6.45, 7) is 10.8. The molecule has 0 spiro atoms. The maximum absolute atomic E-state index is 13.1. The molecular weight excluding hydrogens is 481 g/mol. The van der Waals surface area contributed by atoms with Gasteiger partial charge in [0.15, 0.2) is 0 Å². The lowest BCUT2D eigenvalue weighted by Gasteiger charge is -2.38. The number of amides is 1. The molecule has 1 amide bonds. The molecule has 180 valence electrons. The van der Waals surface area contributed by atoms with E-state index in [1.165, 1.54) is 0 Å². The van der Waals surface area contributed by atoms with Crippen LogP contribution in [0.4, 0.5) is 0 Å². The van der Waals surface area contributed by atoms with Crippen LogP contribution in [0.2, 0.25) is 10.0 Å². The third-order valence-electron chi connectivity index (χ3n) is 6.21. The number of benzene rings is 1. The van der Waals surface area contributed by atoms with Gasteiger partial charge in [-0.1, -0.05) is 35.9 Å². The highest BCUT2D eigenvalue weighted by Gasteiger charge is 2.53. The maximum atomic E-state index is 13.1. The van der Waals surface area contributed by atoms with Crippen molar-refractivity contribution in [2.75, 3.05) is 19.7 Å². The van der Waals surface area contributed by atoms with Crippen LogP contribution < -0.4 is 9.46 Å². The van der Waals surface area contributed by atoms with Gasteiger partial charge < -0.3 is 14.2 Å². The van der Waals surface area contributed by atoms with Gasteiger partial charge >= 0.3 is 0 Å². The Morgan fingerprint density at radius 2 is 2.00 bits per heavy atom. The molecule has 9 heteroatoms. The summed E-state index contributed by atoms with van der Waals surface area (Å²) < 4.78 is 21.8. The fourth-order valence-corrected chi connectivity index (χ4v) is 5.23. The van der Waals surface area contributed by atoms with Crippen LogP contribution in [0.1, 0.15) is 58.1 Å². The summed E-state index contributed by atoms with van der Waals surface area (Å²) in [6, 6.07) is 5.33. The van der Waals surface area contributed by atoms with Gasteiger partial charge in [-0.25, -0.2) is 0 Å². The van der Waals surface area contributed by atoms with Crippen LogP contribution in [0, 0.1) is 22.7 Å². The van der Waals surface area contributed by atoms with E-state index in [-0.39, 0.29) is 17.9 Å². The Morgan fingerprint density at radius 3 is 2.52 bits per heavy atom. The molecule has 1 aromatic rings. The molecule has 2 aliphatic rings. The van der Waals surface area contributed by atoms with E-state index in [1.807, 2.05) is 20.8 Å². The summed E-state index contributed by atoms with van der Waals surface area (Å²) in [7, 11) is 0. The van der Waals surface area contributed by atoms with Crippen LogP contribution in [-0.2, 0) is 16.2 Å². The minimum atomic E-state index is -1.34. The number of nitrogens with one attached hydrogen (secondary N) is 1. The van der Waals surface area contributed by atoms with Gasteiger partial charge in [0, 0.05) is 36.1 Å². The second kappa shape index (κ2) is 10.5. The first kappa shape index (κ1) is 26.2. The lowest BCUT2D eigenvalue weighted by Crippen LogP contribution is -2.47. The molecule has 2 fully saturated rings. The van der Waals surface area contributed by atoms with Gasteiger partial charge in [0.05, 0.1) is 22.2 Å². The van der Waals surface area contributed by atoms with E-state index in [0.29, 0.717) is 61.2 Å². The molecule has 0 radical (unpaired) electrons. The number of rotatable bonds is 8. The third-order valence-corrected chi connectivity index (χ3v) is 8.51. The lowest BCUT2D eigenvalue weighted by molar-refractivity contribution is -0.136. The van der Waals surface area contributed by atoms with Crippen LogP contribution in [0.3, 0.4) is 0 Å². The molecule has 3 rings (SSSR count). The average molecular weight is 513 g/mol. The highest BCUT2D eigenvalue weighted by Crippen LogP contribution is 2.47. The molecule has 1 aromatic carbocycles. The molecule has 1 saturated heterocycles. The van der Waals surface area contributed by atoms with Crippen molar-refractivity contribution in [3.63, 3.8) is 0 Å². The van der Waals surface area contributed by atoms with Crippen molar-refractivity contribution in [1.29, 1.82) is 5.26 Å². The van der Waals surface area contributed by atoms with Gasteiger partial charge in [-0.2, -0.15) is 5.26 Å². The van der Waals surface area contributed by atoms with Crippen molar-refractivity contribution in [3.05, 3.63) is 40.4 Å². The lowest BCUT2D eigenvalue weighted by atomic mass is 9.85. The fourth-order valence-electron chi connectivity index (χ4n) is 4.00. The van der Waals surface area contributed by atoms with Crippen molar-refractivity contribution in [2.45, 2.75) is 57.2 Å². The summed E-state index contributed by atoms with van der Waals surface area (Å²) in [5.41, 5.74) is -0.0301. The Balaban J connectivity index is 1.87. The molecular formula is C24H31Cl2N3O3S. The minimum absolute atomic E-state index is 0.0595. The number of piperidine rings is 1. The summed E-state index contributed by atoms with van der Waals surface area (Å²) in [4.78, 5) is 14.6. The first-order chi connectivity index (χ1) is 15.5. The van der Waals surface area contributed by atoms with Crippen LogP contribution in [0.5, 0.6) is 5.75 Å². The largest absolute Gasteiger partial charge is 0.598 e. The second-order valence-corrected chi connectivity index (χ2v) is 12.5. The molecule has 33 heavy (non-hydrogen) atoms. The number of nitriles is 1. The highest BCUT2D eigenvalue weighted by molar-refractivity contribution is 7.90. The van der Waals surface area contributed by atoms with Crippen molar-refractivity contribution >= 4 is 40.5 Å². The topological polar surface area (TPSA) is 88.4 Å². The predicted molar refractivity (Wildman–Crippen MR) is 133 cm³/mol. The standard InChI is InChI=1S/C24H31Cl2N3O3S/c1-5-12-32-20-14-19(26)18(25)13-17(20)21(28-33(31)23(2,3)4)16-6-10-29(11-7-16)22(30)24(15-27)8-9-24/h5,13-14,16,21,28H,1,6-12H2,2-4H3. The van der Waals surface area contributed by atoms with Crippen LogP contribution in [0.25, 0.3) is 0 Å². The van der Waals surface area contributed by atoms with Gasteiger partial charge in [0.1, 0.15) is 22.5 Å². The number of carbonyl (C=O) groups is 1. The molecule has 6 nitrogen and oxygen atoms in total. The maximum Gasteiger partial charge on any atom is 0.243 e. The summed E-state index contributed by atoms with van der Waals surface area (Å²) in [5, 5.41) is 10.2. The quantitative estimate of drug-likeness (QED) is 0.383. The fraction of sp³-hybridized carbons (Fsp3) is 0.583. The number of likely N-dealkylation sites (tertiary alicyclic amines) is 1. The van der Waals surface area contributed by atoms with Gasteiger partial charge in [-0.15, -0.1) is 4.72 Å². The number of ether oxygens (including phenoxy) is 1. The SMILES string of the molecule is C=CCOc1cc(Cl)c(Cl)cc1C(N[S+]([O-])C(C)(C)C)C1CCN(C(=O)C2(C#N)CC2)CC1. The normalized spacial score (nSPS) is 20.0. The van der Waals surface area contributed by atoms with E-state index in [2.05, 4.69) is 17.4 Å². The van der Waals surface area contributed by atoms with Gasteiger partial charge in [-0.05, 0) is 58.4 Å². The molecule has 0 aromatic heterocycles. The zero-order valence-electron chi connectivity index (χ0n) is 19.3. The van der Waals surface area contributed by atoms with Crippen LogP contribution >= 0.6 is 23.2 Å². The third kappa shape index (κ3) is 5.98. The van der Waals surface area contributed by atoms with Crippen LogP contribution in [-0.4, -0.2) is 39.8 Å². The van der Waals surface area contributed by atoms with E-state index < -0.39 is 21.5 Å². The Hall–Kier alpha value is -1.43. The number of nitrogens with zero attached hydrogens (tertiary/aromatic N) is 2. The highest BCUT2D eigenvalue weighted by atomic mass is 35.5. The van der Waals surface area contributed by atoms with Crippen molar-refractivity contribution in [3.8, 4) is 11.8 Å². The predicted octanol–water partition coefficient (Wildman–Crippen LogP) is 5.19. The number of hydrogen-bond donors (Lipinski definition) is 1. The molecule has 2 unspecified atom stereocenters. The van der Waals surface area contributed by atoms with Crippen molar-refractivity contribution in [1.82, 2.24) is 9.62 Å². The molecule has 1 heterocycles. The number of hydrogen-bond acceptors (Lipinski definition) is 5. The van der Waals surface area contributed by atoms with Gasteiger partial charge in [0.25, 0.3) is 0 Å². The van der Waals surface area contributed by atoms with E-state index in [1.54, 1.807) is 23.1 Å². The molecule has 1 aliphatic heterocycles. The summed E-state index contributed by atoms with van der Waals surface area (Å²) in [5.74, 6) is 0.587. The van der Waals surface area contributed by atoms with Gasteiger partial charge in [0.2, 0.25) is 5.91 Å². The second-order valence-electron chi connectivity index (χ2n) is 9.70. The minimum Gasteiger partial charge on any atom is -0.598 e. The van der Waals surface area contributed by atoms with E-state index >= 15 is 0 Å². The molecule has 1 saturated carbocycles. The monoisotopic (exact) mass is 511 g/mol. The number of carbonyl (C=O) groups excluding carboxylic acids is 1. The smallest absolute Gasteiger partial charge is 0.243 e. The van der Waals surface area contributed by atoms with E-state index in [0.717, 1.165) is 5.56 Å². The molecule has 1 aliphatic carbocycles. The zero-order chi connectivity index (χ0) is 24.4. The molecule has 0 bridgehead atoms. The van der Waals surface area contributed by atoms with E-state index in [4.69, 9.17) is 27.9 Å². The Morgan fingerprint density at radius 1 is 1.39 bits per heavy atom. The van der Waals surface area contributed by atoms with Crippen molar-refractivity contribution in [2.24, 2.45) is 11.3 Å². The average Bonchev–Trinajstić information content (AvgIpc) is 3.58. The Kier molecular flexibility index (Phi) is 8.29. The molecule has 2 atom stereocenters. The van der Waals surface area contributed by atoms with Crippen molar-refractivity contribution < 1.29 is 14.1 Å². The first-order valence-electron chi connectivity index (χ1n) is 11.1. The Bertz CT molecular complexity index is 932.